The first-order valence-electron chi connectivity index (χ1n) is 7.30. The molecule has 0 saturated carbocycles. The van der Waals surface area contributed by atoms with Gasteiger partial charge in [-0.05, 0) is 62.9 Å². The monoisotopic (exact) mass is 244 g/mol. The molecule has 0 aliphatic carbocycles. The van der Waals surface area contributed by atoms with E-state index in [1.165, 1.54) is 62.3 Å². The Labute approximate surface area is 111 Å². The molecule has 1 unspecified atom stereocenters. The summed E-state index contributed by atoms with van der Waals surface area (Å²) in [7, 11) is 0. The number of hydrogen-bond acceptors (Lipinski definition) is 2. The Morgan fingerprint density at radius 1 is 0.944 bits per heavy atom. The van der Waals surface area contributed by atoms with Crippen LogP contribution < -0.4 is 4.90 Å². The number of nitrogens with zero attached hydrogens (tertiary/aromatic N) is 2. The normalized spacial score (nSPS) is 25.0. The zero-order chi connectivity index (χ0) is 12.5. The van der Waals surface area contributed by atoms with Crippen LogP contribution in [0, 0.1) is 13.8 Å². The van der Waals surface area contributed by atoms with Crippen LogP contribution in [0.15, 0.2) is 18.2 Å². The maximum absolute atomic E-state index is 2.70. The Kier molecular flexibility index (Phi) is 3.29. The maximum atomic E-state index is 2.70. The molecule has 2 aliphatic rings. The minimum atomic E-state index is 0.799. The molecule has 2 fully saturated rings. The third-order valence-corrected chi connectivity index (χ3v) is 4.38. The topological polar surface area (TPSA) is 6.48 Å². The fourth-order valence-electron chi connectivity index (χ4n) is 3.57. The smallest absolute Gasteiger partial charge is 0.0372 e. The molecule has 0 N–H and O–H groups in total. The number of fused-ring (bicyclic) bond motifs is 1. The van der Waals surface area contributed by atoms with E-state index in [0.29, 0.717) is 0 Å². The molecule has 2 heterocycles. The Bertz CT molecular complexity index is 407. The highest BCUT2D eigenvalue weighted by Crippen LogP contribution is 2.26. The maximum Gasteiger partial charge on any atom is 0.0372 e. The second-order valence-corrected chi connectivity index (χ2v) is 5.98. The van der Waals surface area contributed by atoms with E-state index in [-0.39, 0.29) is 0 Å². The summed E-state index contributed by atoms with van der Waals surface area (Å²) in [5, 5.41) is 0. The molecule has 2 saturated heterocycles. The van der Waals surface area contributed by atoms with Crippen molar-refractivity contribution in [3.8, 4) is 0 Å². The van der Waals surface area contributed by atoms with Crippen molar-refractivity contribution < 1.29 is 0 Å². The van der Waals surface area contributed by atoms with Crippen molar-refractivity contribution in [2.75, 3.05) is 31.1 Å². The summed E-state index contributed by atoms with van der Waals surface area (Å²) >= 11 is 0. The fourth-order valence-corrected chi connectivity index (χ4v) is 3.57. The lowest BCUT2D eigenvalue weighted by Crippen LogP contribution is -2.36. The van der Waals surface area contributed by atoms with Crippen LogP contribution in [0.3, 0.4) is 0 Å². The first-order valence-corrected chi connectivity index (χ1v) is 7.30. The molecule has 2 aliphatic heterocycles. The second-order valence-electron chi connectivity index (χ2n) is 5.98. The van der Waals surface area contributed by atoms with Gasteiger partial charge < -0.3 is 4.90 Å². The number of hydrogen-bond donors (Lipinski definition) is 0. The second kappa shape index (κ2) is 4.93. The molecule has 0 amide bonds. The Morgan fingerprint density at radius 2 is 1.67 bits per heavy atom. The van der Waals surface area contributed by atoms with E-state index < -0.39 is 0 Å². The summed E-state index contributed by atoms with van der Waals surface area (Å²) in [6.07, 6.45) is 4.09. The van der Waals surface area contributed by atoms with Crippen LogP contribution in [-0.4, -0.2) is 37.1 Å². The molecule has 3 rings (SSSR count). The highest BCUT2D eigenvalue weighted by Gasteiger charge is 2.28. The van der Waals surface area contributed by atoms with Crippen molar-refractivity contribution >= 4 is 5.69 Å². The molecule has 98 valence electrons. The van der Waals surface area contributed by atoms with Crippen molar-refractivity contribution in [2.45, 2.75) is 39.2 Å². The number of rotatable bonds is 1. The van der Waals surface area contributed by atoms with E-state index in [1.807, 2.05) is 0 Å². The van der Waals surface area contributed by atoms with Gasteiger partial charge in [0.1, 0.15) is 0 Å². The molecule has 2 nitrogen and oxygen atoms in total. The van der Waals surface area contributed by atoms with Gasteiger partial charge in [0.2, 0.25) is 0 Å². The Balaban J connectivity index is 1.82. The molecule has 0 aromatic heterocycles. The van der Waals surface area contributed by atoms with Crippen LogP contribution in [0.1, 0.15) is 30.4 Å². The largest absolute Gasteiger partial charge is 0.370 e. The standard InChI is InChI=1S/C16H24N2/c1-13-9-14(2)11-16(10-13)18-8-4-7-17-6-3-5-15(17)12-18/h9-11,15H,3-8,12H2,1-2H3. The van der Waals surface area contributed by atoms with E-state index in [9.17, 15) is 0 Å². The highest BCUT2D eigenvalue weighted by atomic mass is 15.3. The van der Waals surface area contributed by atoms with Crippen LogP contribution in [0.5, 0.6) is 0 Å². The van der Waals surface area contributed by atoms with Gasteiger partial charge in [0.25, 0.3) is 0 Å². The third kappa shape index (κ3) is 2.39. The SMILES string of the molecule is Cc1cc(C)cc(N2CCCN3CCCC3C2)c1. The van der Waals surface area contributed by atoms with E-state index in [1.54, 1.807) is 0 Å². The summed E-state index contributed by atoms with van der Waals surface area (Å²) in [5.41, 5.74) is 4.20. The lowest BCUT2D eigenvalue weighted by atomic mass is 10.1. The van der Waals surface area contributed by atoms with Crippen molar-refractivity contribution in [3.05, 3.63) is 29.3 Å². The molecule has 0 spiro atoms. The number of anilines is 1. The van der Waals surface area contributed by atoms with Gasteiger partial charge in [0, 0.05) is 31.4 Å². The summed E-state index contributed by atoms with van der Waals surface area (Å²) in [6.45, 7) is 9.47. The highest BCUT2D eigenvalue weighted by molar-refractivity contribution is 5.51. The lowest BCUT2D eigenvalue weighted by Gasteiger charge is -2.27. The summed E-state index contributed by atoms with van der Waals surface area (Å²) < 4.78 is 0. The van der Waals surface area contributed by atoms with Crippen molar-refractivity contribution in [3.63, 3.8) is 0 Å². The molecule has 1 aromatic rings. The Hall–Kier alpha value is -1.02. The molecule has 0 radical (unpaired) electrons. The van der Waals surface area contributed by atoms with Crippen molar-refractivity contribution in [1.82, 2.24) is 4.90 Å². The predicted molar refractivity (Wildman–Crippen MR) is 77.3 cm³/mol. The zero-order valence-electron chi connectivity index (χ0n) is 11.7. The summed E-state index contributed by atoms with van der Waals surface area (Å²) in [4.78, 5) is 5.30. The van der Waals surface area contributed by atoms with E-state index >= 15 is 0 Å². The summed E-state index contributed by atoms with van der Waals surface area (Å²) in [5.74, 6) is 0. The van der Waals surface area contributed by atoms with Crippen LogP contribution >= 0.6 is 0 Å². The quantitative estimate of drug-likeness (QED) is 0.749. The van der Waals surface area contributed by atoms with Crippen molar-refractivity contribution in [1.29, 1.82) is 0 Å². The number of aryl methyl sites for hydroxylation is 2. The molecule has 1 atom stereocenters. The average Bonchev–Trinajstić information content (AvgIpc) is 2.65. The molecular weight excluding hydrogens is 220 g/mol. The lowest BCUT2D eigenvalue weighted by molar-refractivity contribution is 0.273. The van der Waals surface area contributed by atoms with Crippen LogP contribution in [-0.2, 0) is 0 Å². The molecule has 18 heavy (non-hydrogen) atoms. The van der Waals surface area contributed by atoms with Gasteiger partial charge in [-0.2, -0.15) is 0 Å². The van der Waals surface area contributed by atoms with Gasteiger partial charge >= 0.3 is 0 Å². The van der Waals surface area contributed by atoms with Crippen molar-refractivity contribution in [2.24, 2.45) is 0 Å². The summed E-state index contributed by atoms with van der Waals surface area (Å²) in [6, 6.07) is 7.76. The molecule has 2 heteroatoms. The minimum absolute atomic E-state index is 0.799. The van der Waals surface area contributed by atoms with Crippen LogP contribution in [0.25, 0.3) is 0 Å². The Morgan fingerprint density at radius 3 is 2.44 bits per heavy atom. The molecule has 0 bridgehead atoms. The first kappa shape index (κ1) is 12.0. The number of benzene rings is 1. The average molecular weight is 244 g/mol. The van der Waals surface area contributed by atoms with Gasteiger partial charge in [0.15, 0.2) is 0 Å². The first-order chi connectivity index (χ1) is 8.72. The van der Waals surface area contributed by atoms with E-state index in [2.05, 4.69) is 41.8 Å². The minimum Gasteiger partial charge on any atom is -0.370 e. The predicted octanol–water partition coefficient (Wildman–Crippen LogP) is 2.98. The van der Waals surface area contributed by atoms with Gasteiger partial charge in [0.05, 0.1) is 0 Å². The van der Waals surface area contributed by atoms with Gasteiger partial charge in [-0.25, -0.2) is 0 Å². The zero-order valence-corrected chi connectivity index (χ0v) is 11.7. The van der Waals surface area contributed by atoms with Gasteiger partial charge in [-0.3, -0.25) is 4.90 Å². The fraction of sp³-hybridized carbons (Fsp3) is 0.625. The molecular formula is C16H24N2. The van der Waals surface area contributed by atoms with Gasteiger partial charge in [-0.15, -0.1) is 0 Å². The van der Waals surface area contributed by atoms with Crippen LogP contribution in [0.2, 0.25) is 0 Å². The van der Waals surface area contributed by atoms with Gasteiger partial charge in [-0.1, -0.05) is 6.07 Å². The van der Waals surface area contributed by atoms with Crippen LogP contribution in [0.4, 0.5) is 5.69 Å². The molecule has 1 aromatic carbocycles. The van der Waals surface area contributed by atoms with E-state index in [0.717, 1.165) is 6.04 Å². The van der Waals surface area contributed by atoms with E-state index in [4.69, 9.17) is 0 Å². The third-order valence-electron chi connectivity index (χ3n) is 4.38.